The van der Waals surface area contributed by atoms with E-state index in [1.807, 2.05) is 31.2 Å². The Morgan fingerprint density at radius 3 is 2.65 bits per heavy atom. The molecule has 104 valence electrons. The lowest BCUT2D eigenvalue weighted by Crippen LogP contribution is -2.28. The molecule has 0 aliphatic rings. The summed E-state index contributed by atoms with van der Waals surface area (Å²) in [5, 5.41) is 13.1. The number of rotatable bonds is 4. The molecule has 6 heteroatoms. The molecule has 1 aromatic carbocycles. The van der Waals surface area contributed by atoms with Crippen molar-refractivity contribution in [1.82, 2.24) is 15.5 Å². The molecule has 0 fully saturated rings. The lowest BCUT2D eigenvalue weighted by molar-refractivity contribution is 0.251. The number of carbonyl (C=O) groups is 1. The number of hydrogen-bond acceptors (Lipinski definition) is 4. The van der Waals surface area contributed by atoms with Crippen molar-refractivity contribution in [1.29, 1.82) is 0 Å². The number of nitrogens with one attached hydrogen (secondary N) is 2. The van der Waals surface area contributed by atoms with E-state index in [4.69, 9.17) is 5.73 Å². The third kappa shape index (κ3) is 4.03. The van der Waals surface area contributed by atoms with E-state index in [0.29, 0.717) is 17.9 Å². The molecular weight excluding hydrogens is 254 g/mol. The van der Waals surface area contributed by atoms with Crippen LogP contribution in [0.15, 0.2) is 42.6 Å². The van der Waals surface area contributed by atoms with Crippen LogP contribution in [-0.2, 0) is 6.54 Å². The maximum atomic E-state index is 11.7. The van der Waals surface area contributed by atoms with Crippen LogP contribution in [0.25, 0.3) is 0 Å². The minimum absolute atomic E-state index is 0.0190. The van der Waals surface area contributed by atoms with Gasteiger partial charge in [0.15, 0.2) is 0 Å². The molecule has 1 atom stereocenters. The molecule has 1 aromatic heterocycles. The van der Waals surface area contributed by atoms with Crippen molar-refractivity contribution >= 4 is 11.7 Å². The Balaban J connectivity index is 1.85. The number of nitrogens with zero attached hydrogens (tertiary/aromatic N) is 2. The quantitative estimate of drug-likeness (QED) is 0.790. The number of amides is 2. The van der Waals surface area contributed by atoms with Gasteiger partial charge in [-0.25, -0.2) is 4.79 Å². The van der Waals surface area contributed by atoms with Gasteiger partial charge in [0.2, 0.25) is 0 Å². The van der Waals surface area contributed by atoms with Crippen molar-refractivity contribution in [3.8, 4) is 0 Å². The molecule has 2 aromatic rings. The van der Waals surface area contributed by atoms with E-state index in [1.54, 1.807) is 18.3 Å². The standard InChI is InChI=1S/C14H17N5O/c1-10(15)11-4-6-12(7-5-11)18-14(20)16-9-13-3-2-8-17-19-13/h2-8,10H,9,15H2,1H3,(H2,16,18,20). The fraction of sp³-hybridized carbons (Fsp3) is 0.214. The Kier molecular flexibility index (Phi) is 4.62. The Bertz CT molecular complexity index is 554. The van der Waals surface area contributed by atoms with Crippen LogP contribution in [-0.4, -0.2) is 16.2 Å². The van der Waals surface area contributed by atoms with Gasteiger partial charge < -0.3 is 16.4 Å². The number of urea groups is 1. The van der Waals surface area contributed by atoms with Crippen LogP contribution in [0.2, 0.25) is 0 Å². The molecule has 0 radical (unpaired) electrons. The fourth-order valence-electron chi connectivity index (χ4n) is 1.64. The van der Waals surface area contributed by atoms with Crippen LogP contribution in [0.1, 0.15) is 24.2 Å². The summed E-state index contributed by atoms with van der Waals surface area (Å²) >= 11 is 0. The van der Waals surface area contributed by atoms with Gasteiger partial charge in [0.05, 0.1) is 12.2 Å². The number of anilines is 1. The summed E-state index contributed by atoms with van der Waals surface area (Å²) in [6.45, 7) is 2.24. The van der Waals surface area contributed by atoms with Gasteiger partial charge in [0.25, 0.3) is 0 Å². The molecule has 0 spiro atoms. The smallest absolute Gasteiger partial charge is 0.319 e. The van der Waals surface area contributed by atoms with Crippen molar-refractivity contribution in [2.75, 3.05) is 5.32 Å². The summed E-state index contributed by atoms with van der Waals surface area (Å²) in [4.78, 5) is 11.7. The van der Waals surface area contributed by atoms with Crippen molar-refractivity contribution < 1.29 is 4.79 Å². The molecule has 0 aliphatic heterocycles. The largest absolute Gasteiger partial charge is 0.332 e. The predicted octanol–water partition coefficient (Wildman–Crippen LogP) is 1.82. The highest BCUT2D eigenvalue weighted by atomic mass is 16.2. The summed E-state index contributed by atoms with van der Waals surface area (Å²) < 4.78 is 0. The molecule has 0 aliphatic carbocycles. The maximum Gasteiger partial charge on any atom is 0.319 e. The molecule has 2 rings (SSSR count). The van der Waals surface area contributed by atoms with Gasteiger partial charge in [-0.15, -0.1) is 0 Å². The van der Waals surface area contributed by atoms with Crippen molar-refractivity contribution in [2.45, 2.75) is 19.5 Å². The minimum atomic E-state index is -0.288. The number of carbonyl (C=O) groups excluding carboxylic acids is 1. The summed E-state index contributed by atoms with van der Waals surface area (Å²) in [5.74, 6) is 0. The minimum Gasteiger partial charge on any atom is -0.332 e. The second-order valence-electron chi connectivity index (χ2n) is 4.43. The van der Waals surface area contributed by atoms with Crippen LogP contribution in [0.3, 0.4) is 0 Å². The first-order valence-corrected chi connectivity index (χ1v) is 6.32. The first-order valence-electron chi connectivity index (χ1n) is 6.32. The Morgan fingerprint density at radius 2 is 2.05 bits per heavy atom. The van der Waals surface area contributed by atoms with Gasteiger partial charge >= 0.3 is 6.03 Å². The lowest BCUT2D eigenvalue weighted by Gasteiger charge is -2.09. The van der Waals surface area contributed by atoms with Gasteiger partial charge in [-0.1, -0.05) is 12.1 Å². The second kappa shape index (κ2) is 6.63. The highest BCUT2D eigenvalue weighted by Crippen LogP contribution is 2.13. The molecule has 6 nitrogen and oxygen atoms in total. The normalized spacial score (nSPS) is 11.7. The van der Waals surface area contributed by atoms with Gasteiger partial charge in [-0.2, -0.15) is 10.2 Å². The fourth-order valence-corrected chi connectivity index (χ4v) is 1.64. The third-order valence-corrected chi connectivity index (χ3v) is 2.75. The Labute approximate surface area is 117 Å². The molecule has 1 heterocycles. The number of aromatic nitrogens is 2. The van der Waals surface area contributed by atoms with Gasteiger partial charge in [-0.3, -0.25) is 0 Å². The lowest BCUT2D eigenvalue weighted by atomic mass is 10.1. The van der Waals surface area contributed by atoms with Crippen molar-refractivity contribution in [3.05, 3.63) is 53.9 Å². The van der Waals surface area contributed by atoms with Crippen LogP contribution in [0.4, 0.5) is 10.5 Å². The third-order valence-electron chi connectivity index (χ3n) is 2.75. The molecule has 20 heavy (non-hydrogen) atoms. The molecule has 0 bridgehead atoms. The van der Waals surface area contributed by atoms with E-state index in [1.165, 1.54) is 0 Å². The Hall–Kier alpha value is -2.47. The molecule has 2 amide bonds. The van der Waals surface area contributed by atoms with E-state index in [9.17, 15) is 4.79 Å². The van der Waals surface area contributed by atoms with Crippen LogP contribution >= 0.6 is 0 Å². The number of benzene rings is 1. The summed E-state index contributed by atoms with van der Waals surface area (Å²) in [5.41, 5.74) is 8.21. The van der Waals surface area contributed by atoms with Crippen LogP contribution in [0, 0.1) is 0 Å². The first-order chi connectivity index (χ1) is 9.65. The second-order valence-corrected chi connectivity index (χ2v) is 4.43. The molecule has 4 N–H and O–H groups in total. The van der Waals surface area contributed by atoms with Gasteiger partial charge in [-0.05, 0) is 36.8 Å². The van der Waals surface area contributed by atoms with E-state index >= 15 is 0 Å². The average Bonchev–Trinajstić information content (AvgIpc) is 2.47. The molecule has 0 saturated carbocycles. The maximum absolute atomic E-state index is 11.7. The summed E-state index contributed by atoms with van der Waals surface area (Å²) in [6, 6.07) is 10.7. The molecule has 1 unspecified atom stereocenters. The zero-order valence-corrected chi connectivity index (χ0v) is 11.2. The number of hydrogen-bond donors (Lipinski definition) is 3. The van der Waals surface area contributed by atoms with E-state index in [0.717, 1.165) is 5.56 Å². The van der Waals surface area contributed by atoms with Crippen molar-refractivity contribution in [2.24, 2.45) is 5.73 Å². The number of nitrogens with two attached hydrogens (primary N) is 1. The Morgan fingerprint density at radius 1 is 1.30 bits per heavy atom. The predicted molar refractivity (Wildman–Crippen MR) is 76.9 cm³/mol. The SMILES string of the molecule is CC(N)c1ccc(NC(=O)NCc2cccnn2)cc1. The summed E-state index contributed by atoms with van der Waals surface area (Å²) in [6.07, 6.45) is 1.59. The highest BCUT2D eigenvalue weighted by Gasteiger charge is 2.03. The highest BCUT2D eigenvalue weighted by molar-refractivity contribution is 5.89. The molecule has 0 saturated heterocycles. The van der Waals surface area contributed by atoms with Crippen LogP contribution in [0.5, 0.6) is 0 Å². The average molecular weight is 271 g/mol. The monoisotopic (exact) mass is 271 g/mol. The summed E-state index contributed by atoms with van der Waals surface area (Å²) in [7, 11) is 0. The zero-order valence-electron chi connectivity index (χ0n) is 11.2. The zero-order chi connectivity index (χ0) is 14.4. The van der Waals surface area contributed by atoms with E-state index < -0.39 is 0 Å². The van der Waals surface area contributed by atoms with Gasteiger partial charge in [0, 0.05) is 17.9 Å². The van der Waals surface area contributed by atoms with Gasteiger partial charge in [0.1, 0.15) is 0 Å². The molecular formula is C14H17N5O. The van der Waals surface area contributed by atoms with E-state index in [2.05, 4.69) is 20.8 Å². The van der Waals surface area contributed by atoms with Crippen LogP contribution < -0.4 is 16.4 Å². The van der Waals surface area contributed by atoms with Crippen molar-refractivity contribution in [3.63, 3.8) is 0 Å². The topological polar surface area (TPSA) is 92.9 Å². The van der Waals surface area contributed by atoms with E-state index in [-0.39, 0.29) is 12.1 Å². The first kappa shape index (κ1) is 14.0.